The number of benzene rings is 2. The summed E-state index contributed by atoms with van der Waals surface area (Å²) in [7, 11) is 0. The van der Waals surface area contributed by atoms with Crippen LogP contribution in [0.15, 0.2) is 48.5 Å². The van der Waals surface area contributed by atoms with Gasteiger partial charge < -0.3 is 9.84 Å². The number of ether oxygens (including phenoxy) is 1. The van der Waals surface area contributed by atoms with Crippen molar-refractivity contribution < 1.29 is 14.6 Å². The van der Waals surface area contributed by atoms with Gasteiger partial charge in [0.1, 0.15) is 5.01 Å². The lowest BCUT2D eigenvalue weighted by molar-refractivity contribution is 0.145. The van der Waals surface area contributed by atoms with Gasteiger partial charge >= 0.3 is 6.16 Å². The number of aromatic nitrogens is 1. The van der Waals surface area contributed by atoms with Crippen molar-refractivity contribution in [3.8, 4) is 32.8 Å². The summed E-state index contributed by atoms with van der Waals surface area (Å²) < 4.78 is 4.70. The highest BCUT2D eigenvalue weighted by atomic mass is 32.1. The fraction of sp³-hybridized carbons (Fsp3) is 0.0556. The lowest BCUT2D eigenvalue weighted by Crippen LogP contribution is -2.02. The number of carboxylic acid groups (broad SMARTS) is 1. The molecule has 0 spiro atoms. The van der Waals surface area contributed by atoms with Crippen molar-refractivity contribution in [2.75, 3.05) is 0 Å². The van der Waals surface area contributed by atoms with Crippen molar-refractivity contribution in [3.63, 3.8) is 0 Å². The molecule has 1 N–H and O–H groups in total. The van der Waals surface area contributed by atoms with E-state index in [0.29, 0.717) is 16.3 Å². The van der Waals surface area contributed by atoms with Crippen LogP contribution in [0.3, 0.4) is 0 Å². The van der Waals surface area contributed by atoms with E-state index in [9.17, 15) is 10.1 Å². The number of aryl methyl sites for hydroxylation is 1. The Bertz CT molecular complexity index is 943. The Morgan fingerprint density at radius 3 is 2.62 bits per heavy atom. The predicted octanol–water partition coefficient (Wildman–Crippen LogP) is 4.71. The Kier molecular flexibility index (Phi) is 4.27. The Balaban J connectivity index is 2.02. The van der Waals surface area contributed by atoms with Gasteiger partial charge in [0.2, 0.25) is 5.06 Å². The monoisotopic (exact) mass is 336 g/mol. The first-order valence-electron chi connectivity index (χ1n) is 7.06. The van der Waals surface area contributed by atoms with Crippen LogP contribution in [0.5, 0.6) is 5.06 Å². The van der Waals surface area contributed by atoms with Crippen molar-refractivity contribution in [2.24, 2.45) is 0 Å². The van der Waals surface area contributed by atoms with E-state index in [1.807, 2.05) is 42.5 Å². The van der Waals surface area contributed by atoms with E-state index in [2.05, 4.69) is 11.1 Å². The molecule has 0 aliphatic rings. The first-order valence-corrected chi connectivity index (χ1v) is 7.88. The fourth-order valence-electron chi connectivity index (χ4n) is 2.32. The Morgan fingerprint density at radius 1 is 1.21 bits per heavy atom. The summed E-state index contributed by atoms with van der Waals surface area (Å²) in [5, 5.41) is 19.0. The zero-order valence-corrected chi connectivity index (χ0v) is 13.5. The SMILES string of the molecule is Cc1nc(-c2ccc(-c3ccccc3)c(C#N)c2)sc1OC(=O)O. The summed E-state index contributed by atoms with van der Waals surface area (Å²) in [5.41, 5.74) is 3.60. The van der Waals surface area contributed by atoms with E-state index < -0.39 is 6.16 Å². The van der Waals surface area contributed by atoms with E-state index in [-0.39, 0.29) is 5.06 Å². The second-order valence-corrected chi connectivity index (χ2v) is 5.96. The number of thiazole rings is 1. The molecule has 2 aromatic carbocycles. The van der Waals surface area contributed by atoms with Crippen LogP contribution in [0, 0.1) is 18.3 Å². The zero-order valence-electron chi connectivity index (χ0n) is 12.7. The number of hydrogen-bond donors (Lipinski definition) is 1. The number of hydrogen-bond acceptors (Lipinski definition) is 5. The molecule has 0 atom stereocenters. The summed E-state index contributed by atoms with van der Waals surface area (Å²) in [6.07, 6.45) is -1.37. The standard InChI is InChI=1S/C18H12N2O3S/c1-11-17(23-18(21)22)24-16(20-11)13-7-8-15(14(9-13)10-19)12-5-3-2-4-6-12/h2-9H,1H3,(H,21,22). The molecule has 0 fully saturated rings. The second kappa shape index (κ2) is 6.52. The van der Waals surface area contributed by atoms with E-state index >= 15 is 0 Å². The minimum Gasteiger partial charge on any atom is -0.449 e. The predicted molar refractivity (Wildman–Crippen MR) is 91.1 cm³/mol. The van der Waals surface area contributed by atoms with E-state index in [4.69, 9.17) is 9.84 Å². The average Bonchev–Trinajstić information content (AvgIpc) is 2.95. The van der Waals surface area contributed by atoms with Crippen LogP contribution in [0.4, 0.5) is 4.79 Å². The molecule has 0 unspecified atom stereocenters. The lowest BCUT2D eigenvalue weighted by atomic mass is 9.98. The molecule has 5 nitrogen and oxygen atoms in total. The number of nitriles is 1. The van der Waals surface area contributed by atoms with Crippen LogP contribution in [0.1, 0.15) is 11.3 Å². The van der Waals surface area contributed by atoms with Gasteiger partial charge in [-0.3, -0.25) is 0 Å². The molecule has 0 saturated heterocycles. The van der Waals surface area contributed by atoms with Gasteiger partial charge in [-0.05, 0) is 24.1 Å². The van der Waals surface area contributed by atoms with Gasteiger partial charge in [0.25, 0.3) is 0 Å². The van der Waals surface area contributed by atoms with Crippen LogP contribution in [-0.2, 0) is 0 Å². The van der Waals surface area contributed by atoms with Gasteiger partial charge in [0, 0.05) is 5.56 Å². The number of nitrogens with zero attached hydrogens (tertiary/aromatic N) is 2. The maximum Gasteiger partial charge on any atom is 0.512 e. The highest BCUT2D eigenvalue weighted by molar-refractivity contribution is 7.17. The van der Waals surface area contributed by atoms with Crippen molar-refractivity contribution in [2.45, 2.75) is 6.92 Å². The zero-order chi connectivity index (χ0) is 17.1. The minimum atomic E-state index is -1.37. The highest BCUT2D eigenvalue weighted by Gasteiger charge is 2.15. The van der Waals surface area contributed by atoms with E-state index in [0.717, 1.165) is 28.0 Å². The van der Waals surface area contributed by atoms with Crippen LogP contribution >= 0.6 is 11.3 Å². The molecule has 0 aliphatic carbocycles. The van der Waals surface area contributed by atoms with Crippen molar-refractivity contribution in [1.82, 2.24) is 4.98 Å². The largest absolute Gasteiger partial charge is 0.512 e. The first-order chi connectivity index (χ1) is 11.6. The molecule has 0 amide bonds. The van der Waals surface area contributed by atoms with Gasteiger partial charge in [0.15, 0.2) is 0 Å². The maximum atomic E-state index is 10.7. The molecule has 0 radical (unpaired) electrons. The summed E-state index contributed by atoms with van der Waals surface area (Å²) in [6, 6.07) is 17.4. The second-order valence-electron chi connectivity index (χ2n) is 5.00. The van der Waals surface area contributed by atoms with Gasteiger partial charge in [-0.2, -0.15) is 5.26 Å². The van der Waals surface area contributed by atoms with Crippen LogP contribution < -0.4 is 4.74 Å². The van der Waals surface area contributed by atoms with Gasteiger partial charge in [-0.1, -0.05) is 53.8 Å². The van der Waals surface area contributed by atoms with Crippen LogP contribution in [0.2, 0.25) is 0 Å². The third-order valence-electron chi connectivity index (χ3n) is 3.41. The maximum absolute atomic E-state index is 10.7. The molecule has 1 aromatic heterocycles. The van der Waals surface area contributed by atoms with Gasteiger partial charge in [0.05, 0.1) is 17.3 Å². The molecule has 6 heteroatoms. The van der Waals surface area contributed by atoms with Gasteiger partial charge in [-0.25, -0.2) is 9.78 Å². The molecule has 1 heterocycles. The normalized spacial score (nSPS) is 10.2. The molecular weight excluding hydrogens is 324 g/mol. The fourth-order valence-corrected chi connectivity index (χ4v) is 3.23. The van der Waals surface area contributed by atoms with Crippen LogP contribution in [0.25, 0.3) is 21.7 Å². The molecule has 118 valence electrons. The lowest BCUT2D eigenvalue weighted by Gasteiger charge is -2.06. The molecule has 24 heavy (non-hydrogen) atoms. The Hall–Kier alpha value is -3.17. The van der Waals surface area contributed by atoms with Crippen molar-refractivity contribution in [1.29, 1.82) is 5.26 Å². The third-order valence-corrected chi connectivity index (χ3v) is 4.49. The summed E-state index contributed by atoms with van der Waals surface area (Å²) in [5.74, 6) is 0. The summed E-state index contributed by atoms with van der Waals surface area (Å²) in [4.78, 5) is 15.0. The van der Waals surface area contributed by atoms with E-state index in [1.54, 1.807) is 13.0 Å². The molecule has 0 aliphatic heterocycles. The first kappa shape index (κ1) is 15.7. The average molecular weight is 336 g/mol. The van der Waals surface area contributed by atoms with E-state index in [1.165, 1.54) is 0 Å². The van der Waals surface area contributed by atoms with Gasteiger partial charge in [-0.15, -0.1) is 0 Å². The Labute approximate surface area is 142 Å². The molecule has 3 rings (SSSR count). The third kappa shape index (κ3) is 3.12. The minimum absolute atomic E-state index is 0.239. The summed E-state index contributed by atoms with van der Waals surface area (Å²) >= 11 is 1.14. The molecule has 0 saturated carbocycles. The van der Waals surface area contributed by atoms with Crippen molar-refractivity contribution >= 4 is 17.5 Å². The van der Waals surface area contributed by atoms with Crippen LogP contribution in [-0.4, -0.2) is 16.2 Å². The molecule has 3 aromatic rings. The summed E-state index contributed by atoms with van der Waals surface area (Å²) in [6.45, 7) is 1.68. The molecular formula is C18H12N2O3S. The number of carbonyl (C=O) groups is 1. The number of rotatable bonds is 3. The highest BCUT2D eigenvalue weighted by Crippen LogP contribution is 2.35. The quantitative estimate of drug-likeness (QED) is 0.700. The molecule has 0 bridgehead atoms. The Morgan fingerprint density at radius 2 is 1.96 bits per heavy atom. The smallest absolute Gasteiger partial charge is 0.449 e. The van der Waals surface area contributed by atoms with Crippen molar-refractivity contribution in [3.05, 3.63) is 59.8 Å². The topological polar surface area (TPSA) is 83.2 Å².